The number of imide groups is 1. The van der Waals surface area contributed by atoms with Crippen molar-refractivity contribution in [3.05, 3.63) is 29.3 Å². The molecule has 2 atom stereocenters. The van der Waals surface area contributed by atoms with E-state index >= 15 is 0 Å². The van der Waals surface area contributed by atoms with Gasteiger partial charge in [0, 0.05) is 23.2 Å². The minimum atomic E-state index is -1.37. The van der Waals surface area contributed by atoms with E-state index in [1.54, 1.807) is 39.0 Å². The van der Waals surface area contributed by atoms with Crippen LogP contribution >= 0.6 is 0 Å². The monoisotopic (exact) mass is 389 g/mol. The van der Waals surface area contributed by atoms with Gasteiger partial charge in [0.05, 0.1) is 0 Å². The van der Waals surface area contributed by atoms with Gasteiger partial charge in [-0.15, -0.1) is 0 Å². The van der Waals surface area contributed by atoms with Crippen LogP contribution in [0.25, 0.3) is 0 Å². The molecule has 0 bridgehead atoms. The molecule has 1 aromatic carbocycles. The van der Waals surface area contributed by atoms with Crippen LogP contribution in [-0.4, -0.2) is 51.9 Å². The van der Waals surface area contributed by atoms with E-state index in [1.807, 2.05) is 0 Å². The third kappa shape index (κ3) is 3.84. The number of carbonyl (C=O) groups excluding carboxylic acids is 4. The lowest BCUT2D eigenvalue weighted by atomic mass is 10.0. The molecule has 28 heavy (non-hydrogen) atoms. The summed E-state index contributed by atoms with van der Waals surface area (Å²) in [7, 11) is 0. The van der Waals surface area contributed by atoms with Crippen LogP contribution in [0.4, 0.5) is 5.69 Å². The molecule has 0 spiro atoms. The zero-order valence-corrected chi connectivity index (χ0v) is 15.9. The highest BCUT2D eigenvalue weighted by molar-refractivity contribution is 6.06. The summed E-state index contributed by atoms with van der Waals surface area (Å²) in [6.07, 6.45) is -1.14. The molecule has 1 aromatic rings. The van der Waals surface area contributed by atoms with E-state index in [4.69, 9.17) is 4.74 Å². The second kappa shape index (κ2) is 7.23. The van der Waals surface area contributed by atoms with E-state index in [0.717, 1.165) is 4.90 Å². The SMILES string of the molecule is CC(C)(C)OC(=O)CNc1cccc2c1C(O)N(C1CCC(=O)NC1=O)C2=O. The molecule has 0 radical (unpaired) electrons. The van der Waals surface area contributed by atoms with Gasteiger partial charge in [0.15, 0.2) is 6.23 Å². The van der Waals surface area contributed by atoms with Crippen LogP contribution in [0.5, 0.6) is 0 Å². The molecule has 3 rings (SSSR count). The minimum absolute atomic E-state index is 0.0903. The summed E-state index contributed by atoms with van der Waals surface area (Å²) < 4.78 is 5.24. The number of aliphatic hydroxyl groups excluding tert-OH is 1. The Balaban J connectivity index is 1.80. The van der Waals surface area contributed by atoms with Crippen LogP contribution in [0, 0.1) is 0 Å². The fraction of sp³-hybridized carbons (Fsp3) is 0.474. The maximum atomic E-state index is 12.8. The van der Waals surface area contributed by atoms with E-state index in [-0.39, 0.29) is 24.9 Å². The lowest BCUT2D eigenvalue weighted by Crippen LogP contribution is -2.53. The van der Waals surface area contributed by atoms with Crippen molar-refractivity contribution < 1.29 is 29.0 Å². The Labute approximate surface area is 162 Å². The van der Waals surface area contributed by atoms with Crippen molar-refractivity contribution in [1.82, 2.24) is 10.2 Å². The molecule has 9 heteroatoms. The zero-order valence-electron chi connectivity index (χ0n) is 15.9. The molecule has 2 aliphatic rings. The number of amides is 3. The van der Waals surface area contributed by atoms with E-state index in [1.165, 1.54) is 0 Å². The summed E-state index contributed by atoms with van der Waals surface area (Å²) >= 11 is 0. The number of aliphatic hydroxyl groups is 1. The summed E-state index contributed by atoms with van der Waals surface area (Å²) in [6.45, 7) is 5.12. The second-order valence-corrected chi connectivity index (χ2v) is 7.76. The number of nitrogens with one attached hydrogen (secondary N) is 2. The zero-order chi connectivity index (χ0) is 20.6. The number of carbonyl (C=O) groups is 4. The summed E-state index contributed by atoms with van der Waals surface area (Å²) in [5, 5.41) is 15.8. The number of esters is 1. The maximum absolute atomic E-state index is 12.8. The summed E-state index contributed by atoms with van der Waals surface area (Å²) in [5.41, 5.74) is 0.307. The molecule has 2 aliphatic heterocycles. The number of nitrogens with zero attached hydrogens (tertiary/aromatic N) is 1. The lowest BCUT2D eigenvalue weighted by molar-refractivity contribution is -0.152. The Bertz CT molecular complexity index is 845. The number of hydrogen-bond donors (Lipinski definition) is 3. The molecule has 150 valence electrons. The van der Waals surface area contributed by atoms with E-state index in [0.29, 0.717) is 11.3 Å². The van der Waals surface area contributed by atoms with Gasteiger partial charge in [-0.2, -0.15) is 0 Å². The average Bonchev–Trinajstić information content (AvgIpc) is 2.84. The van der Waals surface area contributed by atoms with Crippen molar-refractivity contribution in [1.29, 1.82) is 0 Å². The number of fused-ring (bicyclic) bond motifs is 1. The predicted octanol–water partition coefficient (Wildman–Crippen LogP) is 0.692. The van der Waals surface area contributed by atoms with Crippen molar-refractivity contribution in [2.75, 3.05) is 11.9 Å². The molecule has 0 aliphatic carbocycles. The van der Waals surface area contributed by atoms with Crippen molar-refractivity contribution in [2.24, 2.45) is 0 Å². The van der Waals surface area contributed by atoms with Crippen molar-refractivity contribution in [3.8, 4) is 0 Å². The number of benzene rings is 1. The average molecular weight is 389 g/mol. The molecule has 2 unspecified atom stereocenters. The summed E-state index contributed by atoms with van der Waals surface area (Å²) in [6, 6.07) is 3.86. The van der Waals surface area contributed by atoms with E-state index < -0.39 is 41.6 Å². The van der Waals surface area contributed by atoms with Crippen molar-refractivity contribution in [3.63, 3.8) is 0 Å². The van der Waals surface area contributed by atoms with Gasteiger partial charge in [-0.25, -0.2) is 0 Å². The second-order valence-electron chi connectivity index (χ2n) is 7.76. The molecular formula is C19H23N3O6. The van der Waals surface area contributed by atoms with Crippen LogP contribution in [0.1, 0.15) is 55.8 Å². The van der Waals surface area contributed by atoms with Gasteiger partial charge in [0.25, 0.3) is 5.91 Å². The number of hydrogen-bond acceptors (Lipinski definition) is 7. The van der Waals surface area contributed by atoms with Gasteiger partial charge in [0.1, 0.15) is 18.2 Å². The normalized spacial score (nSPS) is 22.0. The van der Waals surface area contributed by atoms with Gasteiger partial charge in [-0.1, -0.05) is 6.07 Å². The molecule has 2 heterocycles. The first-order chi connectivity index (χ1) is 13.1. The quantitative estimate of drug-likeness (QED) is 0.511. The molecule has 9 nitrogen and oxygen atoms in total. The van der Waals surface area contributed by atoms with Crippen LogP contribution < -0.4 is 10.6 Å². The Morgan fingerprint density at radius 1 is 1.32 bits per heavy atom. The fourth-order valence-corrected chi connectivity index (χ4v) is 3.38. The van der Waals surface area contributed by atoms with Crippen molar-refractivity contribution >= 4 is 29.4 Å². The molecular weight excluding hydrogens is 366 g/mol. The third-order valence-corrected chi connectivity index (χ3v) is 4.48. The third-order valence-electron chi connectivity index (χ3n) is 4.48. The first kappa shape index (κ1) is 19.8. The standard InChI is InChI=1S/C19H23N3O6/c1-19(2,3)28-14(24)9-20-11-6-4-5-10-15(11)18(27)22(17(10)26)12-7-8-13(23)21-16(12)25/h4-6,12,18,20,27H,7-9H2,1-3H3,(H,21,23,25). The van der Waals surface area contributed by atoms with Gasteiger partial charge in [0.2, 0.25) is 11.8 Å². The predicted molar refractivity (Wildman–Crippen MR) is 98.1 cm³/mol. The molecule has 3 amide bonds. The van der Waals surface area contributed by atoms with Crippen LogP contribution in [0.15, 0.2) is 18.2 Å². The highest BCUT2D eigenvalue weighted by Gasteiger charge is 2.45. The number of piperidine rings is 1. The van der Waals surface area contributed by atoms with Crippen LogP contribution in [0.3, 0.4) is 0 Å². The molecule has 0 saturated carbocycles. The molecule has 1 saturated heterocycles. The minimum Gasteiger partial charge on any atom is -0.459 e. The van der Waals surface area contributed by atoms with E-state index in [2.05, 4.69) is 10.6 Å². The first-order valence-electron chi connectivity index (χ1n) is 9.01. The number of rotatable bonds is 4. The van der Waals surface area contributed by atoms with Crippen molar-refractivity contribution in [2.45, 2.75) is 51.5 Å². The smallest absolute Gasteiger partial charge is 0.325 e. The fourth-order valence-electron chi connectivity index (χ4n) is 3.38. The van der Waals surface area contributed by atoms with Crippen LogP contribution in [0.2, 0.25) is 0 Å². The first-order valence-corrected chi connectivity index (χ1v) is 9.01. The summed E-state index contributed by atoms with van der Waals surface area (Å²) in [5.74, 6) is -2.00. The maximum Gasteiger partial charge on any atom is 0.325 e. The molecule has 3 N–H and O–H groups in total. The topological polar surface area (TPSA) is 125 Å². The Kier molecular flexibility index (Phi) is 5.12. The van der Waals surface area contributed by atoms with Gasteiger partial charge in [-0.05, 0) is 39.3 Å². The lowest BCUT2D eigenvalue weighted by Gasteiger charge is -2.32. The van der Waals surface area contributed by atoms with Gasteiger partial charge in [-0.3, -0.25) is 29.4 Å². The highest BCUT2D eigenvalue weighted by Crippen LogP contribution is 2.39. The number of ether oxygens (including phenoxy) is 1. The Morgan fingerprint density at radius 2 is 2.04 bits per heavy atom. The number of anilines is 1. The van der Waals surface area contributed by atoms with E-state index in [9.17, 15) is 24.3 Å². The molecule has 0 aromatic heterocycles. The van der Waals surface area contributed by atoms with Gasteiger partial charge < -0.3 is 15.2 Å². The highest BCUT2D eigenvalue weighted by atomic mass is 16.6. The largest absolute Gasteiger partial charge is 0.459 e. The summed E-state index contributed by atoms with van der Waals surface area (Å²) in [4.78, 5) is 49.3. The Morgan fingerprint density at radius 3 is 2.68 bits per heavy atom. The van der Waals surface area contributed by atoms with Crippen LogP contribution in [-0.2, 0) is 19.1 Å². The Hall–Kier alpha value is -2.94. The molecule has 1 fully saturated rings. The van der Waals surface area contributed by atoms with Gasteiger partial charge >= 0.3 is 5.97 Å².